The van der Waals surface area contributed by atoms with Gasteiger partial charge < -0.3 is 0 Å². The van der Waals surface area contributed by atoms with Crippen molar-refractivity contribution in [3.05, 3.63) is 101 Å². The molecule has 3 aromatic carbocycles. The number of nitrogens with zero attached hydrogens (tertiary/aromatic N) is 1. The summed E-state index contributed by atoms with van der Waals surface area (Å²) in [5.74, 6) is -1.82. The molecule has 0 spiro atoms. The third-order valence-corrected chi connectivity index (χ3v) is 7.06. The van der Waals surface area contributed by atoms with Crippen molar-refractivity contribution in [1.29, 1.82) is 0 Å². The van der Waals surface area contributed by atoms with Crippen LogP contribution in [0.1, 0.15) is 27.0 Å². The number of aromatic nitrogens is 1. The van der Waals surface area contributed by atoms with Crippen molar-refractivity contribution in [3.8, 4) is 0 Å². The molecule has 0 unspecified atom stereocenters. The molecule has 0 N–H and O–H groups in total. The average molecular weight is 437 g/mol. The van der Waals surface area contributed by atoms with Crippen LogP contribution in [0.5, 0.6) is 0 Å². The number of benzene rings is 3. The van der Waals surface area contributed by atoms with Crippen LogP contribution in [0.2, 0.25) is 0 Å². The highest BCUT2D eigenvalue weighted by atomic mass is 32.2. The highest BCUT2D eigenvalue weighted by Gasteiger charge is 2.29. The van der Waals surface area contributed by atoms with E-state index in [-0.39, 0.29) is 31.8 Å². The van der Waals surface area contributed by atoms with Crippen molar-refractivity contribution in [2.45, 2.75) is 23.6 Å². The zero-order chi connectivity index (χ0) is 22.3. The van der Waals surface area contributed by atoms with Gasteiger partial charge in [-0.25, -0.2) is 17.2 Å². The summed E-state index contributed by atoms with van der Waals surface area (Å²) in [6.45, 7) is 3.74. The van der Waals surface area contributed by atoms with Crippen LogP contribution in [0.4, 0.5) is 8.78 Å². The zero-order valence-corrected chi connectivity index (χ0v) is 17.5. The van der Waals surface area contributed by atoms with E-state index in [2.05, 4.69) is 4.98 Å². The molecule has 1 aromatic heterocycles. The van der Waals surface area contributed by atoms with Crippen LogP contribution >= 0.6 is 0 Å². The Labute approximate surface area is 178 Å². The molecule has 0 aliphatic rings. The third-order valence-electron chi connectivity index (χ3n) is 5.19. The Morgan fingerprint density at radius 2 is 1.52 bits per heavy atom. The highest BCUT2D eigenvalue weighted by Crippen LogP contribution is 2.32. The monoisotopic (exact) mass is 437 g/mol. The quantitative estimate of drug-likeness (QED) is 0.325. The van der Waals surface area contributed by atoms with Crippen molar-refractivity contribution in [3.63, 3.8) is 0 Å². The van der Waals surface area contributed by atoms with E-state index in [1.165, 1.54) is 12.3 Å². The Bertz CT molecular complexity index is 1450. The third kappa shape index (κ3) is 3.72. The van der Waals surface area contributed by atoms with Gasteiger partial charge >= 0.3 is 0 Å². The van der Waals surface area contributed by atoms with Gasteiger partial charge in [-0.3, -0.25) is 9.78 Å². The second-order valence-corrected chi connectivity index (χ2v) is 9.13. The molecular formula is C24H17F2NO3S. The highest BCUT2D eigenvalue weighted by molar-refractivity contribution is 7.91. The first-order valence-electron chi connectivity index (χ1n) is 9.39. The number of halogens is 2. The lowest BCUT2D eigenvalue weighted by Crippen LogP contribution is -2.13. The van der Waals surface area contributed by atoms with Crippen molar-refractivity contribution in [1.82, 2.24) is 4.98 Å². The number of sulfone groups is 1. The number of ketones is 1. The minimum absolute atomic E-state index is 0.0148. The van der Waals surface area contributed by atoms with Gasteiger partial charge in [-0.05, 0) is 73.5 Å². The zero-order valence-electron chi connectivity index (χ0n) is 16.7. The number of fused-ring (bicyclic) bond motifs is 1. The topological polar surface area (TPSA) is 64.1 Å². The molecule has 0 aliphatic carbocycles. The van der Waals surface area contributed by atoms with Crippen LogP contribution in [0.3, 0.4) is 0 Å². The molecular weight excluding hydrogens is 420 g/mol. The van der Waals surface area contributed by atoms with Gasteiger partial charge in [0.05, 0.1) is 20.9 Å². The standard InChI is InChI=1S/C24H17F2NO3S/c1-14-3-4-16(11-15(14)2)23(28)21-13-27-22-10-7-18(26)12-20(22)24(21)31(29,30)19-8-5-17(25)6-9-19/h3-13H,1-2H3. The second kappa shape index (κ2) is 7.67. The van der Waals surface area contributed by atoms with E-state index in [0.717, 1.165) is 47.5 Å². The molecule has 0 fully saturated rings. The van der Waals surface area contributed by atoms with E-state index in [1.54, 1.807) is 18.2 Å². The minimum Gasteiger partial charge on any atom is -0.289 e. The molecule has 0 saturated heterocycles. The summed E-state index contributed by atoms with van der Waals surface area (Å²) in [6, 6.07) is 12.8. The van der Waals surface area contributed by atoms with E-state index < -0.39 is 27.3 Å². The summed E-state index contributed by atoms with van der Waals surface area (Å²) in [5, 5.41) is -0.0148. The lowest BCUT2D eigenvalue weighted by molar-refractivity contribution is 0.103. The first-order valence-corrected chi connectivity index (χ1v) is 10.9. The van der Waals surface area contributed by atoms with Gasteiger partial charge in [-0.2, -0.15) is 0 Å². The van der Waals surface area contributed by atoms with Gasteiger partial charge in [0, 0.05) is 17.1 Å². The number of carbonyl (C=O) groups excluding carboxylic acids is 1. The van der Waals surface area contributed by atoms with Crippen LogP contribution in [0.25, 0.3) is 10.9 Å². The normalized spacial score (nSPS) is 11.6. The van der Waals surface area contributed by atoms with Gasteiger partial charge in [0.15, 0.2) is 5.78 Å². The predicted molar refractivity (Wildman–Crippen MR) is 113 cm³/mol. The van der Waals surface area contributed by atoms with Gasteiger partial charge in [-0.1, -0.05) is 12.1 Å². The minimum atomic E-state index is -4.30. The molecule has 4 nitrogen and oxygen atoms in total. The maximum Gasteiger partial charge on any atom is 0.208 e. The SMILES string of the molecule is Cc1ccc(C(=O)c2cnc3ccc(F)cc3c2S(=O)(=O)c2ccc(F)cc2)cc1C. The van der Waals surface area contributed by atoms with Gasteiger partial charge in [-0.15, -0.1) is 0 Å². The maximum absolute atomic E-state index is 14.1. The average Bonchev–Trinajstić information content (AvgIpc) is 2.74. The summed E-state index contributed by atoms with van der Waals surface area (Å²) in [5.41, 5.74) is 2.18. The van der Waals surface area contributed by atoms with Crippen LogP contribution < -0.4 is 0 Å². The summed E-state index contributed by atoms with van der Waals surface area (Å²) >= 11 is 0. The molecule has 4 rings (SSSR count). The number of rotatable bonds is 4. The Kier molecular flexibility index (Phi) is 5.15. The molecule has 0 radical (unpaired) electrons. The van der Waals surface area contributed by atoms with Crippen LogP contribution in [-0.2, 0) is 9.84 Å². The van der Waals surface area contributed by atoms with Crippen LogP contribution in [-0.4, -0.2) is 19.2 Å². The van der Waals surface area contributed by atoms with E-state index >= 15 is 0 Å². The lowest BCUT2D eigenvalue weighted by Gasteiger charge is -2.14. The Balaban J connectivity index is 2.03. The Hall–Kier alpha value is -3.45. The molecule has 0 aliphatic heterocycles. The van der Waals surface area contributed by atoms with Gasteiger partial charge in [0.1, 0.15) is 11.6 Å². The number of carbonyl (C=O) groups is 1. The molecule has 4 aromatic rings. The first-order chi connectivity index (χ1) is 14.7. The molecule has 7 heteroatoms. The molecule has 0 saturated carbocycles. The smallest absolute Gasteiger partial charge is 0.208 e. The lowest BCUT2D eigenvalue weighted by atomic mass is 9.99. The Morgan fingerprint density at radius 1 is 0.839 bits per heavy atom. The van der Waals surface area contributed by atoms with Crippen molar-refractivity contribution in [2.75, 3.05) is 0 Å². The fourth-order valence-corrected chi connectivity index (χ4v) is 4.98. The molecule has 156 valence electrons. The molecule has 0 bridgehead atoms. The summed E-state index contributed by atoms with van der Waals surface area (Å²) in [4.78, 5) is 16.9. The van der Waals surface area contributed by atoms with E-state index in [0.29, 0.717) is 0 Å². The van der Waals surface area contributed by atoms with E-state index in [4.69, 9.17) is 0 Å². The summed E-state index contributed by atoms with van der Waals surface area (Å²) in [6.07, 6.45) is 1.19. The first kappa shape index (κ1) is 20.8. The number of pyridine rings is 1. The van der Waals surface area contributed by atoms with Crippen molar-refractivity contribution < 1.29 is 22.0 Å². The molecule has 0 atom stereocenters. The van der Waals surface area contributed by atoms with Gasteiger partial charge in [0.25, 0.3) is 0 Å². The summed E-state index contributed by atoms with van der Waals surface area (Å²) < 4.78 is 54.5. The van der Waals surface area contributed by atoms with Crippen LogP contribution in [0, 0.1) is 25.5 Å². The number of hydrogen-bond donors (Lipinski definition) is 0. The van der Waals surface area contributed by atoms with Crippen molar-refractivity contribution >= 4 is 26.5 Å². The predicted octanol–water partition coefficient (Wildman–Crippen LogP) is 5.19. The van der Waals surface area contributed by atoms with Crippen molar-refractivity contribution in [2.24, 2.45) is 0 Å². The largest absolute Gasteiger partial charge is 0.289 e. The van der Waals surface area contributed by atoms with E-state index in [9.17, 15) is 22.0 Å². The van der Waals surface area contributed by atoms with Crippen LogP contribution in [0.15, 0.2) is 76.7 Å². The molecule has 1 heterocycles. The fourth-order valence-electron chi connectivity index (χ4n) is 3.36. The van der Waals surface area contributed by atoms with Gasteiger partial charge in [0.2, 0.25) is 9.84 Å². The maximum atomic E-state index is 14.1. The fraction of sp³-hybridized carbons (Fsp3) is 0.0833. The second-order valence-electron chi connectivity index (χ2n) is 7.25. The van der Waals surface area contributed by atoms with E-state index in [1.807, 2.05) is 13.8 Å². The summed E-state index contributed by atoms with van der Waals surface area (Å²) in [7, 11) is -4.30. The number of hydrogen-bond acceptors (Lipinski definition) is 4. The molecule has 31 heavy (non-hydrogen) atoms. The number of aryl methyl sites for hydroxylation is 2. The Morgan fingerprint density at radius 3 is 2.19 bits per heavy atom. The molecule has 0 amide bonds.